The van der Waals surface area contributed by atoms with E-state index in [2.05, 4.69) is 69.4 Å². The number of carboxylic acids is 1. The zero-order valence-electron chi connectivity index (χ0n) is 24.6. The van der Waals surface area contributed by atoms with E-state index in [0.717, 1.165) is 16.7 Å². The molecule has 0 amide bonds. The predicted molar refractivity (Wildman–Crippen MR) is 172 cm³/mol. The molecule has 3 aromatic rings. The van der Waals surface area contributed by atoms with Crippen LogP contribution in [0.1, 0.15) is 93.3 Å². The Morgan fingerprint density at radius 1 is 0.975 bits per heavy atom. The lowest BCUT2D eigenvalue weighted by molar-refractivity contribution is 0.0689. The molecule has 3 rings (SSSR count). The van der Waals surface area contributed by atoms with Crippen molar-refractivity contribution in [1.29, 1.82) is 0 Å². The maximum atomic E-state index is 12.6. The molecule has 40 heavy (non-hydrogen) atoms. The standard InChI is InChI=1S/C31H41BrCl2N2O3Si/c1-18(2)40(19(3)4,20(5)6)39-17-22(8)36-29(28(30(37)38)35-31(36)32)27(23-10-13-25(33)14-11-23)16-24-15-26(34)12-9-21(24)7/h9-15,18-20,22,27H,16-17H2,1-8H3,(H,37,38)/t22-,27?/m1/s1. The van der Waals surface area contributed by atoms with E-state index < -0.39 is 14.3 Å². The molecule has 0 radical (unpaired) electrons. The lowest BCUT2D eigenvalue weighted by Crippen LogP contribution is -2.48. The first-order chi connectivity index (χ1) is 18.7. The number of aryl methyl sites for hydroxylation is 1. The molecule has 0 saturated carbocycles. The number of carbonyl (C=O) groups is 1. The van der Waals surface area contributed by atoms with Gasteiger partial charge in [0.25, 0.3) is 0 Å². The summed E-state index contributed by atoms with van der Waals surface area (Å²) in [6.07, 6.45) is 0.544. The molecule has 1 aromatic heterocycles. The number of benzene rings is 2. The molecule has 0 bridgehead atoms. The summed E-state index contributed by atoms with van der Waals surface area (Å²) in [5, 5.41) is 11.6. The Bertz CT molecular complexity index is 1300. The lowest BCUT2D eigenvalue weighted by Gasteiger charge is -2.43. The van der Waals surface area contributed by atoms with Crippen LogP contribution in [0.2, 0.25) is 26.7 Å². The molecule has 0 saturated heterocycles. The number of hydrogen-bond acceptors (Lipinski definition) is 3. The van der Waals surface area contributed by atoms with Crippen LogP contribution in [0.4, 0.5) is 0 Å². The Morgan fingerprint density at radius 2 is 1.52 bits per heavy atom. The van der Waals surface area contributed by atoms with Gasteiger partial charge in [-0.05, 0) is 93.8 Å². The Morgan fingerprint density at radius 3 is 2.05 bits per heavy atom. The molecule has 0 aliphatic rings. The number of halogens is 3. The summed E-state index contributed by atoms with van der Waals surface area (Å²) < 4.78 is 9.43. The van der Waals surface area contributed by atoms with E-state index in [0.29, 0.717) is 50.1 Å². The Kier molecular flexibility index (Phi) is 11.1. The fraction of sp³-hybridized carbons (Fsp3) is 0.484. The second kappa shape index (κ2) is 13.6. The van der Waals surface area contributed by atoms with Gasteiger partial charge in [-0.3, -0.25) is 0 Å². The molecule has 5 nitrogen and oxygen atoms in total. The lowest BCUT2D eigenvalue weighted by atomic mass is 9.86. The first-order valence-corrected chi connectivity index (χ1v) is 17.5. The third-order valence-corrected chi connectivity index (χ3v) is 15.3. The quantitative estimate of drug-likeness (QED) is 0.195. The second-order valence-electron chi connectivity index (χ2n) is 11.6. The van der Waals surface area contributed by atoms with Gasteiger partial charge in [0.05, 0.1) is 18.3 Å². The number of nitrogens with zero attached hydrogens (tertiary/aromatic N) is 2. The number of aromatic carboxylic acids is 1. The van der Waals surface area contributed by atoms with Crippen LogP contribution in [0.15, 0.2) is 47.2 Å². The molecule has 2 atom stereocenters. The SMILES string of the molecule is Cc1ccc(Cl)cc1CC(c1ccc(Cl)cc1)c1c(C(=O)O)nc(Br)n1[C@H](C)CO[Si](C(C)C)(C(C)C)C(C)C. The number of carboxylic acid groups (broad SMARTS) is 1. The molecule has 0 aliphatic heterocycles. The number of rotatable bonds is 12. The summed E-state index contributed by atoms with van der Waals surface area (Å²) in [6, 6.07) is 13.2. The van der Waals surface area contributed by atoms with Gasteiger partial charge in [0.1, 0.15) is 0 Å². The highest BCUT2D eigenvalue weighted by Crippen LogP contribution is 2.43. The van der Waals surface area contributed by atoms with E-state index >= 15 is 0 Å². The van der Waals surface area contributed by atoms with Crippen molar-refractivity contribution in [2.45, 2.75) is 90.4 Å². The summed E-state index contributed by atoms with van der Waals surface area (Å²) in [4.78, 5) is 17.1. The summed E-state index contributed by atoms with van der Waals surface area (Å²) in [7, 11) is -2.14. The Hall–Kier alpha value is -1.64. The van der Waals surface area contributed by atoms with Gasteiger partial charge in [-0.2, -0.15) is 0 Å². The highest BCUT2D eigenvalue weighted by atomic mass is 79.9. The first kappa shape index (κ1) is 32.9. The molecule has 1 N–H and O–H groups in total. The average molecular weight is 669 g/mol. The maximum absolute atomic E-state index is 12.6. The molecule has 1 heterocycles. The van der Waals surface area contributed by atoms with Crippen molar-refractivity contribution < 1.29 is 14.3 Å². The van der Waals surface area contributed by atoms with Crippen molar-refractivity contribution in [3.8, 4) is 0 Å². The fourth-order valence-corrected chi connectivity index (χ4v) is 12.9. The summed E-state index contributed by atoms with van der Waals surface area (Å²) in [5.41, 5.74) is 5.04. The van der Waals surface area contributed by atoms with Gasteiger partial charge < -0.3 is 14.1 Å². The summed E-state index contributed by atoms with van der Waals surface area (Å²) in [6.45, 7) is 18.2. The topological polar surface area (TPSA) is 64.3 Å². The molecule has 218 valence electrons. The maximum Gasteiger partial charge on any atom is 0.356 e. The predicted octanol–water partition coefficient (Wildman–Crippen LogP) is 10.1. The van der Waals surface area contributed by atoms with Crippen LogP contribution in [0.3, 0.4) is 0 Å². The minimum atomic E-state index is -2.14. The summed E-state index contributed by atoms with van der Waals surface area (Å²) >= 11 is 16.2. The highest BCUT2D eigenvalue weighted by Gasteiger charge is 2.45. The smallest absolute Gasteiger partial charge is 0.356 e. The molecular weight excluding hydrogens is 627 g/mol. The minimum absolute atomic E-state index is 0.0263. The number of hydrogen-bond donors (Lipinski definition) is 1. The van der Waals surface area contributed by atoms with E-state index in [1.165, 1.54) is 0 Å². The van der Waals surface area contributed by atoms with Crippen LogP contribution in [0, 0.1) is 6.92 Å². The van der Waals surface area contributed by atoms with Crippen LogP contribution < -0.4 is 0 Å². The first-order valence-electron chi connectivity index (χ1n) is 13.9. The number of imidazole rings is 1. The van der Waals surface area contributed by atoms with Gasteiger partial charge in [-0.25, -0.2) is 9.78 Å². The second-order valence-corrected chi connectivity index (χ2v) is 18.7. The van der Waals surface area contributed by atoms with Gasteiger partial charge in [0.2, 0.25) is 0 Å². The minimum Gasteiger partial charge on any atom is -0.476 e. The van der Waals surface area contributed by atoms with E-state index in [4.69, 9.17) is 27.6 Å². The zero-order chi connectivity index (χ0) is 29.9. The monoisotopic (exact) mass is 666 g/mol. The average Bonchev–Trinajstić information content (AvgIpc) is 3.22. The highest BCUT2D eigenvalue weighted by molar-refractivity contribution is 9.10. The number of aromatic nitrogens is 2. The van der Waals surface area contributed by atoms with E-state index in [1.54, 1.807) is 0 Å². The largest absolute Gasteiger partial charge is 0.476 e. The van der Waals surface area contributed by atoms with E-state index in [1.807, 2.05) is 54.0 Å². The zero-order valence-corrected chi connectivity index (χ0v) is 28.7. The van der Waals surface area contributed by atoms with Crippen LogP contribution in [-0.2, 0) is 10.8 Å². The summed E-state index contributed by atoms with van der Waals surface area (Å²) in [5.74, 6) is -1.39. The molecule has 0 spiro atoms. The van der Waals surface area contributed by atoms with Gasteiger partial charge >= 0.3 is 5.97 Å². The normalized spacial score (nSPS) is 13.8. The fourth-order valence-electron chi connectivity index (χ4n) is 6.31. The van der Waals surface area contributed by atoms with Crippen molar-refractivity contribution in [2.75, 3.05) is 6.61 Å². The molecular formula is C31H41BrCl2N2O3Si. The van der Waals surface area contributed by atoms with Gasteiger partial charge in [0, 0.05) is 16.0 Å². The van der Waals surface area contributed by atoms with Crippen LogP contribution >= 0.6 is 39.1 Å². The molecule has 9 heteroatoms. The van der Waals surface area contributed by atoms with Crippen LogP contribution in [0.5, 0.6) is 0 Å². The molecule has 1 unspecified atom stereocenters. The van der Waals surface area contributed by atoms with Crippen molar-refractivity contribution in [3.63, 3.8) is 0 Å². The van der Waals surface area contributed by atoms with E-state index in [9.17, 15) is 9.90 Å². The van der Waals surface area contributed by atoms with Crippen LogP contribution in [0.25, 0.3) is 0 Å². The van der Waals surface area contributed by atoms with Crippen molar-refractivity contribution >= 4 is 53.4 Å². The third kappa shape index (κ3) is 6.87. The van der Waals surface area contributed by atoms with Crippen molar-refractivity contribution in [3.05, 3.63) is 85.3 Å². The van der Waals surface area contributed by atoms with Crippen molar-refractivity contribution in [1.82, 2.24) is 9.55 Å². The van der Waals surface area contributed by atoms with Gasteiger partial charge in [-0.15, -0.1) is 0 Å². The van der Waals surface area contributed by atoms with Crippen molar-refractivity contribution in [2.24, 2.45) is 0 Å². The van der Waals surface area contributed by atoms with Gasteiger partial charge in [-0.1, -0.05) is 82.9 Å². The van der Waals surface area contributed by atoms with Crippen LogP contribution in [-0.4, -0.2) is 35.6 Å². The van der Waals surface area contributed by atoms with E-state index in [-0.39, 0.29) is 17.7 Å². The molecule has 2 aromatic carbocycles. The molecule has 0 aliphatic carbocycles. The third-order valence-electron chi connectivity index (χ3n) is 8.17. The Labute approximate surface area is 258 Å². The van der Waals surface area contributed by atoms with Gasteiger partial charge in [0.15, 0.2) is 18.7 Å². The Balaban J connectivity index is 2.18. The molecule has 0 fully saturated rings.